The predicted octanol–water partition coefficient (Wildman–Crippen LogP) is 5.27. The van der Waals surface area contributed by atoms with Gasteiger partial charge in [-0.3, -0.25) is 4.98 Å². The lowest BCUT2D eigenvalue weighted by Crippen LogP contribution is -2.39. The molecule has 4 rings (SSSR count). The lowest BCUT2D eigenvalue weighted by atomic mass is 9.97. The standard InChI is InChI=1S/C24H28N2O/c1-19(20-5-3-2-4-6-20)10-14-26-15-11-23(12-16-26)27-24-8-7-22-18-25-13-9-21(22)17-24/h2-9,13,17-19,23H,10-12,14-16H2,1H3. The Morgan fingerprint density at radius 3 is 2.67 bits per heavy atom. The number of pyridine rings is 1. The first-order valence-electron chi connectivity index (χ1n) is 10.1. The molecule has 140 valence electrons. The number of rotatable bonds is 6. The third kappa shape index (κ3) is 4.67. The van der Waals surface area contributed by atoms with Gasteiger partial charge in [0.2, 0.25) is 0 Å². The van der Waals surface area contributed by atoms with Crippen molar-refractivity contribution in [1.29, 1.82) is 0 Å². The zero-order valence-corrected chi connectivity index (χ0v) is 16.1. The first kappa shape index (κ1) is 18.0. The van der Waals surface area contributed by atoms with Gasteiger partial charge in [-0.25, -0.2) is 0 Å². The van der Waals surface area contributed by atoms with Gasteiger partial charge in [0.25, 0.3) is 0 Å². The molecule has 3 heteroatoms. The van der Waals surface area contributed by atoms with Gasteiger partial charge in [-0.1, -0.05) is 37.3 Å². The Hall–Kier alpha value is -2.39. The summed E-state index contributed by atoms with van der Waals surface area (Å²) in [5.41, 5.74) is 1.45. The molecule has 1 atom stereocenters. The zero-order valence-electron chi connectivity index (χ0n) is 16.1. The molecule has 1 aliphatic heterocycles. The van der Waals surface area contributed by atoms with Crippen molar-refractivity contribution in [2.45, 2.75) is 38.2 Å². The van der Waals surface area contributed by atoms with Gasteiger partial charge in [0.15, 0.2) is 0 Å². The average Bonchev–Trinajstić information content (AvgIpc) is 2.73. The van der Waals surface area contributed by atoms with Crippen molar-refractivity contribution in [3.63, 3.8) is 0 Å². The molecule has 0 aliphatic carbocycles. The first-order valence-corrected chi connectivity index (χ1v) is 10.1. The van der Waals surface area contributed by atoms with Gasteiger partial charge in [-0.15, -0.1) is 0 Å². The molecule has 1 saturated heterocycles. The van der Waals surface area contributed by atoms with E-state index < -0.39 is 0 Å². The Labute approximate surface area is 162 Å². The minimum atomic E-state index is 0.326. The van der Waals surface area contributed by atoms with Gasteiger partial charge < -0.3 is 9.64 Å². The van der Waals surface area contributed by atoms with Crippen molar-refractivity contribution < 1.29 is 4.74 Å². The monoisotopic (exact) mass is 360 g/mol. The van der Waals surface area contributed by atoms with E-state index in [0.717, 1.165) is 37.1 Å². The smallest absolute Gasteiger partial charge is 0.120 e. The van der Waals surface area contributed by atoms with Crippen LogP contribution in [0.5, 0.6) is 5.75 Å². The highest BCUT2D eigenvalue weighted by atomic mass is 16.5. The SMILES string of the molecule is CC(CCN1CCC(Oc2ccc3cnccc3c2)CC1)c1ccccc1. The minimum absolute atomic E-state index is 0.326. The number of ether oxygens (including phenoxy) is 1. The third-order valence-corrected chi connectivity index (χ3v) is 5.70. The number of hydrogen-bond acceptors (Lipinski definition) is 3. The van der Waals surface area contributed by atoms with Crippen molar-refractivity contribution in [2.24, 2.45) is 0 Å². The molecule has 0 radical (unpaired) electrons. The summed E-state index contributed by atoms with van der Waals surface area (Å²) >= 11 is 0. The van der Waals surface area contributed by atoms with E-state index in [-0.39, 0.29) is 0 Å². The molecule has 27 heavy (non-hydrogen) atoms. The van der Waals surface area contributed by atoms with E-state index in [1.54, 1.807) is 0 Å². The molecular weight excluding hydrogens is 332 g/mol. The van der Waals surface area contributed by atoms with Gasteiger partial charge in [0.05, 0.1) is 0 Å². The molecule has 0 saturated carbocycles. The number of piperidine rings is 1. The fourth-order valence-corrected chi connectivity index (χ4v) is 3.90. The summed E-state index contributed by atoms with van der Waals surface area (Å²) < 4.78 is 6.26. The van der Waals surface area contributed by atoms with E-state index in [0.29, 0.717) is 12.0 Å². The fourth-order valence-electron chi connectivity index (χ4n) is 3.90. The van der Waals surface area contributed by atoms with Crippen LogP contribution in [0.2, 0.25) is 0 Å². The Bertz CT molecular complexity index is 856. The highest BCUT2D eigenvalue weighted by Crippen LogP contribution is 2.24. The number of benzene rings is 2. The van der Waals surface area contributed by atoms with Crippen LogP contribution in [-0.2, 0) is 0 Å². The molecule has 3 aromatic rings. The molecule has 2 aromatic carbocycles. The highest BCUT2D eigenvalue weighted by molar-refractivity contribution is 5.82. The van der Waals surface area contributed by atoms with Crippen LogP contribution in [0, 0.1) is 0 Å². The fraction of sp³-hybridized carbons (Fsp3) is 0.375. The van der Waals surface area contributed by atoms with Crippen molar-refractivity contribution in [3.05, 3.63) is 72.6 Å². The topological polar surface area (TPSA) is 25.4 Å². The summed E-state index contributed by atoms with van der Waals surface area (Å²) in [5.74, 6) is 1.59. The summed E-state index contributed by atoms with van der Waals surface area (Å²) in [4.78, 5) is 6.76. The number of nitrogens with zero attached hydrogens (tertiary/aromatic N) is 2. The maximum Gasteiger partial charge on any atom is 0.120 e. The summed E-state index contributed by atoms with van der Waals surface area (Å²) in [5, 5.41) is 2.35. The second-order valence-electron chi connectivity index (χ2n) is 7.64. The van der Waals surface area contributed by atoms with E-state index in [1.807, 2.05) is 18.5 Å². The molecule has 0 spiro atoms. The Morgan fingerprint density at radius 2 is 1.85 bits per heavy atom. The molecule has 1 aromatic heterocycles. The zero-order chi connectivity index (χ0) is 18.5. The van der Waals surface area contributed by atoms with Crippen molar-refractivity contribution in [2.75, 3.05) is 19.6 Å². The van der Waals surface area contributed by atoms with Gasteiger partial charge in [0, 0.05) is 30.9 Å². The van der Waals surface area contributed by atoms with E-state index in [4.69, 9.17) is 4.74 Å². The van der Waals surface area contributed by atoms with Crippen LogP contribution >= 0.6 is 0 Å². The van der Waals surface area contributed by atoms with Crippen molar-refractivity contribution in [3.8, 4) is 5.75 Å². The van der Waals surface area contributed by atoms with Gasteiger partial charge in [0.1, 0.15) is 11.9 Å². The lowest BCUT2D eigenvalue weighted by Gasteiger charge is -2.32. The van der Waals surface area contributed by atoms with Crippen molar-refractivity contribution in [1.82, 2.24) is 9.88 Å². The van der Waals surface area contributed by atoms with Crippen molar-refractivity contribution >= 4 is 10.8 Å². The Balaban J connectivity index is 1.25. The van der Waals surface area contributed by atoms with E-state index in [1.165, 1.54) is 23.9 Å². The Kier molecular flexibility index (Phi) is 5.69. The first-order chi connectivity index (χ1) is 13.3. The normalized spacial score (nSPS) is 17.1. The average molecular weight is 361 g/mol. The highest BCUT2D eigenvalue weighted by Gasteiger charge is 2.21. The van der Waals surface area contributed by atoms with E-state index in [9.17, 15) is 0 Å². The van der Waals surface area contributed by atoms with E-state index >= 15 is 0 Å². The molecule has 0 bridgehead atoms. The molecule has 3 nitrogen and oxygen atoms in total. The number of fused-ring (bicyclic) bond motifs is 1. The van der Waals surface area contributed by atoms with Crippen LogP contribution in [0.1, 0.15) is 37.7 Å². The Morgan fingerprint density at radius 1 is 1.04 bits per heavy atom. The van der Waals surface area contributed by atoms with E-state index in [2.05, 4.69) is 65.3 Å². The largest absolute Gasteiger partial charge is 0.490 e. The van der Waals surface area contributed by atoms with Crippen LogP contribution in [-0.4, -0.2) is 35.6 Å². The molecular formula is C24H28N2O. The summed E-state index contributed by atoms with van der Waals surface area (Å²) in [6, 6.07) is 19.2. The number of hydrogen-bond donors (Lipinski definition) is 0. The molecule has 1 fully saturated rings. The van der Waals surface area contributed by atoms with Crippen LogP contribution in [0.25, 0.3) is 10.8 Å². The van der Waals surface area contributed by atoms with Crippen LogP contribution in [0.3, 0.4) is 0 Å². The van der Waals surface area contributed by atoms with Gasteiger partial charge >= 0.3 is 0 Å². The molecule has 0 N–H and O–H groups in total. The second-order valence-corrected chi connectivity index (χ2v) is 7.64. The van der Waals surface area contributed by atoms with Gasteiger partial charge in [-0.05, 0) is 66.9 Å². The lowest BCUT2D eigenvalue weighted by molar-refractivity contribution is 0.0991. The van der Waals surface area contributed by atoms with Crippen LogP contribution < -0.4 is 4.74 Å². The summed E-state index contributed by atoms with van der Waals surface area (Å²) in [7, 11) is 0. The van der Waals surface area contributed by atoms with Crippen LogP contribution in [0.15, 0.2) is 67.0 Å². The maximum atomic E-state index is 6.26. The maximum absolute atomic E-state index is 6.26. The predicted molar refractivity (Wildman–Crippen MR) is 111 cm³/mol. The molecule has 0 amide bonds. The molecule has 2 heterocycles. The number of aromatic nitrogens is 1. The number of likely N-dealkylation sites (tertiary alicyclic amines) is 1. The summed E-state index contributed by atoms with van der Waals surface area (Å²) in [6.07, 6.45) is 7.48. The quantitative estimate of drug-likeness (QED) is 0.599. The summed E-state index contributed by atoms with van der Waals surface area (Å²) in [6.45, 7) is 5.76. The third-order valence-electron chi connectivity index (χ3n) is 5.70. The van der Waals surface area contributed by atoms with Crippen LogP contribution in [0.4, 0.5) is 0 Å². The molecule has 1 aliphatic rings. The second kappa shape index (κ2) is 8.53. The minimum Gasteiger partial charge on any atom is -0.490 e. The molecule has 1 unspecified atom stereocenters. The van der Waals surface area contributed by atoms with Gasteiger partial charge in [-0.2, -0.15) is 0 Å².